The van der Waals surface area contributed by atoms with Crippen LogP contribution in [0, 0.1) is 5.92 Å². The molecule has 0 spiro atoms. The molecule has 2 amide bonds. The van der Waals surface area contributed by atoms with Gasteiger partial charge in [-0.05, 0) is 56.4 Å². The number of carbonyl (C=O) groups excluding carboxylic acids is 3. The SMILES string of the molecule is CCOC(=O)C1CCCN(C(=O)/C=C/c2ccc(C(=O)NC3CC3)cc2)C1. The van der Waals surface area contributed by atoms with Gasteiger partial charge in [-0.3, -0.25) is 14.4 Å². The lowest BCUT2D eigenvalue weighted by atomic mass is 9.98. The van der Waals surface area contributed by atoms with Crippen molar-refractivity contribution in [1.82, 2.24) is 10.2 Å². The van der Waals surface area contributed by atoms with Crippen molar-refractivity contribution in [2.45, 2.75) is 38.6 Å². The summed E-state index contributed by atoms with van der Waals surface area (Å²) in [5.74, 6) is -0.624. The number of piperidine rings is 1. The lowest BCUT2D eigenvalue weighted by Crippen LogP contribution is -2.42. The first-order valence-corrected chi connectivity index (χ1v) is 9.61. The number of esters is 1. The van der Waals surface area contributed by atoms with Crippen molar-refractivity contribution < 1.29 is 19.1 Å². The Kier molecular flexibility index (Phi) is 6.27. The largest absolute Gasteiger partial charge is 0.466 e. The minimum Gasteiger partial charge on any atom is -0.466 e. The van der Waals surface area contributed by atoms with Crippen LogP contribution in [0.3, 0.4) is 0 Å². The molecule has 3 rings (SSSR count). The molecule has 6 heteroatoms. The molecule has 1 saturated heterocycles. The highest BCUT2D eigenvalue weighted by atomic mass is 16.5. The third-order valence-corrected chi connectivity index (χ3v) is 4.86. The van der Waals surface area contributed by atoms with E-state index in [-0.39, 0.29) is 23.7 Å². The van der Waals surface area contributed by atoms with Crippen molar-refractivity contribution in [2.75, 3.05) is 19.7 Å². The van der Waals surface area contributed by atoms with Crippen molar-refractivity contribution in [3.63, 3.8) is 0 Å². The van der Waals surface area contributed by atoms with Crippen LogP contribution in [0.4, 0.5) is 0 Å². The Labute approximate surface area is 159 Å². The quantitative estimate of drug-likeness (QED) is 0.616. The number of hydrogen-bond donors (Lipinski definition) is 1. The maximum Gasteiger partial charge on any atom is 0.310 e. The number of ether oxygens (including phenoxy) is 1. The van der Waals surface area contributed by atoms with Gasteiger partial charge in [-0.1, -0.05) is 12.1 Å². The summed E-state index contributed by atoms with van der Waals surface area (Å²) in [6.45, 7) is 3.20. The van der Waals surface area contributed by atoms with Gasteiger partial charge >= 0.3 is 5.97 Å². The van der Waals surface area contributed by atoms with Crippen LogP contribution in [0.15, 0.2) is 30.3 Å². The summed E-state index contributed by atoms with van der Waals surface area (Å²) in [5.41, 5.74) is 1.48. The van der Waals surface area contributed by atoms with Gasteiger partial charge in [0.05, 0.1) is 12.5 Å². The molecule has 0 aromatic heterocycles. The number of benzene rings is 1. The summed E-state index contributed by atoms with van der Waals surface area (Å²) in [6.07, 6.45) is 6.93. The summed E-state index contributed by atoms with van der Waals surface area (Å²) >= 11 is 0. The Morgan fingerprint density at radius 3 is 2.59 bits per heavy atom. The number of carbonyl (C=O) groups is 3. The third kappa shape index (κ3) is 5.42. The number of nitrogens with zero attached hydrogens (tertiary/aromatic N) is 1. The Bertz CT molecular complexity index is 722. The highest BCUT2D eigenvalue weighted by molar-refractivity contribution is 5.95. The molecule has 1 unspecified atom stereocenters. The number of hydrogen-bond acceptors (Lipinski definition) is 4. The Morgan fingerprint density at radius 2 is 1.93 bits per heavy atom. The molecular weight excluding hydrogens is 344 g/mol. The van der Waals surface area contributed by atoms with E-state index in [9.17, 15) is 14.4 Å². The van der Waals surface area contributed by atoms with Crippen LogP contribution >= 0.6 is 0 Å². The molecule has 1 aliphatic carbocycles. The summed E-state index contributed by atoms with van der Waals surface area (Å²) in [4.78, 5) is 38.0. The molecule has 1 aromatic rings. The molecule has 27 heavy (non-hydrogen) atoms. The summed E-state index contributed by atoms with van der Waals surface area (Å²) < 4.78 is 5.07. The maximum absolute atomic E-state index is 12.4. The Hall–Kier alpha value is -2.63. The highest BCUT2D eigenvalue weighted by Gasteiger charge is 2.28. The zero-order chi connectivity index (χ0) is 19.2. The van der Waals surface area contributed by atoms with Gasteiger partial charge in [0.15, 0.2) is 0 Å². The van der Waals surface area contributed by atoms with Crippen LogP contribution in [0.1, 0.15) is 48.5 Å². The van der Waals surface area contributed by atoms with E-state index in [1.807, 2.05) is 12.1 Å². The summed E-state index contributed by atoms with van der Waals surface area (Å²) in [7, 11) is 0. The third-order valence-electron chi connectivity index (χ3n) is 4.86. The summed E-state index contributed by atoms with van der Waals surface area (Å²) in [5, 5.41) is 2.95. The van der Waals surface area contributed by atoms with E-state index in [0.29, 0.717) is 31.3 Å². The predicted molar refractivity (Wildman–Crippen MR) is 102 cm³/mol. The molecule has 0 bridgehead atoms. The lowest BCUT2D eigenvalue weighted by molar-refractivity contribution is -0.150. The number of amides is 2. The van der Waals surface area contributed by atoms with E-state index in [1.165, 1.54) is 6.08 Å². The lowest BCUT2D eigenvalue weighted by Gasteiger charge is -2.30. The maximum atomic E-state index is 12.4. The Balaban J connectivity index is 1.54. The second kappa shape index (κ2) is 8.84. The van der Waals surface area contributed by atoms with Crippen LogP contribution in [-0.2, 0) is 14.3 Å². The fourth-order valence-corrected chi connectivity index (χ4v) is 3.14. The van der Waals surface area contributed by atoms with Gasteiger partial charge < -0.3 is 15.0 Å². The molecule has 2 aliphatic rings. The monoisotopic (exact) mass is 370 g/mol. The molecule has 1 N–H and O–H groups in total. The smallest absolute Gasteiger partial charge is 0.310 e. The molecule has 1 heterocycles. The van der Waals surface area contributed by atoms with Gasteiger partial charge in [-0.2, -0.15) is 0 Å². The van der Waals surface area contributed by atoms with E-state index >= 15 is 0 Å². The molecule has 0 radical (unpaired) electrons. The van der Waals surface area contributed by atoms with E-state index in [0.717, 1.165) is 31.2 Å². The zero-order valence-corrected chi connectivity index (χ0v) is 15.6. The molecule has 1 aliphatic heterocycles. The fraction of sp³-hybridized carbons (Fsp3) is 0.476. The average Bonchev–Trinajstić information content (AvgIpc) is 3.50. The number of nitrogens with one attached hydrogen (secondary N) is 1. The van der Waals surface area contributed by atoms with Gasteiger partial charge in [-0.25, -0.2) is 0 Å². The standard InChI is InChI=1S/C21H26N2O4/c1-2-27-21(26)17-4-3-13-23(14-17)19(24)12-7-15-5-8-16(9-6-15)20(25)22-18-10-11-18/h5-9,12,17-18H,2-4,10-11,13-14H2,1H3,(H,22,25)/b12-7+. The van der Waals surface area contributed by atoms with Crippen molar-refractivity contribution in [1.29, 1.82) is 0 Å². The molecule has 1 atom stereocenters. The first-order valence-electron chi connectivity index (χ1n) is 9.61. The molecule has 2 fully saturated rings. The number of rotatable bonds is 6. The van der Waals surface area contributed by atoms with Crippen LogP contribution in [0.25, 0.3) is 6.08 Å². The molecule has 1 saturated carbocycles. The first-order chi connectivity index (χ1) is 13.1. The zero-order valence-electron chi connectivity index (χ0n) is 15.6. The van der Waals surface area contributed by atoms with Crippen molar-refractivity contribution in [2.24, 2.45) is 5.92 Å². The molecule has 6 nitrogen and oxygen atoms in total. The van der Waals surface area contributed by atoms with Crippen molar-refractivity contribution in [3.8, 4) is 0 Å². The fourth-order valence-electron chi connectivity index (χ4n) is 3.14. The normalized spacial score (nSPS) is 19.7. The van der Waals surface area contributed by atoms with Gasteiger partial charge in [0, 0.05) is 30.8 Å². The average molecular weight is 370 g/mol. The topological polar surface area (TPSA) is 75.7 Å². The van der Waals surface area contributed by atoms with Crippen molar-refractivity contribution >= 4 is 23.9 Å². The molecule has 144 valence electrons. The van der Waals surface area contributed by atoms with Crippen LogP contribution in [-0.4, -0.2) is 48.4 Å². The molecule has 1 aromatic carbocycles. The second-order valence-electron chi connectivity index (χ2n) is 7.08. The van der Waals surface area contributed by atoms with Crippen LogP contribution < -0.4 is 5.32 Å². The first kappa shape index (κ1) is 19.1. The predicted octanol–water partition coefficient (Wildman–Crippen LogP) is 2.39. The van der Waals surface area contributed by atoms with E-state index in [4.69, 9.17) is 4.74 Å². The van der Waals surface area contributed by atoms with Gasteiger partial charge in [0.1, 0.15) is 0 Å². The minimum absolute atomic E-state index is 0.0533. The van der Waals surface area contributed by atoms with Gasteiger partial charge in [-0.15, -0.1) is 0 Å². The van der Waals surface area contributed by atoms with Crippen LogP contribution in [0.2, 0.25) is 0 Å². The number of likely N-dealkylation sites (tertiary alicyclic amines) is 1. The highest BCUT2D eigenvalue weighted by Crippen LogP contribution is 2.20. The Morgan fingerprint density at radius 1 is 1.19 bits per heavy atom. The van der Waals surface area contributed by atoms with Crippen molar-refractivity contribution in [3.05, 3.63) is 41.5 Å². The second-order valence-corrected chi connectivity index (χ2v) is 7.08. The van der Waals surface area contributed by atoms with E-state index < -0.39 is 0 Å². The minimum atomic E-state index is -0.236. The summed E-state index contributed by atoms with van der Waals surface area (Å²) in [6, 6.07) is 7.50. The van der Waals surface area contributed by atoms with Gasteiger partial charge in [0.2, 0.25) is 5.91 Å². The van der Waals surface area contributed by atoms with Gasteiger partial charge in [0.25, 0.3) is 5.91 Å². The van der Waals surface area contributed by atoms with Crippen LogP contribution in [0.5, 0.6) is 0 Å². The van der Waals surface area contributed by atoms with E-state index in [1.54, 1.807) is 30.0 Å². The van der Waals surface area contributed by atoms with E-state index in [2.05, 4.69) is 5.32 Å². The molecular formula is C21H26N2O4.